The normalized spacial score (nSPS) is 13.9. The van der Waals surface area contributed by atoms with Crippen molar-refractivity contribution in [2.45, 2.75) is 16.5 Å². The van der Waals surface area contributed by atoms with E-state index in [4.69, 9.17) is 0 Å². The van der Waals surface area contributed by atoms with Crippen LogP contribution in [-0.4, -0.2) is 31.7 Å². The highest BCUT2D eigenvalue weighted by Crippen LogP contribution is 2.27. The van der Waals surface area contributed by atoms with Crippen LogP contribution >= 0.6 is 11.8 Å². The van der Waals surface area contributed by atoms with Crippen molar-refractivity contribution < 1.29 is 17.4 Å². The highest BCUT2D eigenvalue weighted by Gasteiger charge is 2.36. The van der Waals surface area contributed by atoms with Crippen molar-refractivity contribution in [2.24, 2.45) is 0 Å². The second-order valence-corrected chi connectivity index (χ2v) is 4.43. The molecule has 0 aliphatic heterocycles. The van der Waals surface area contributed by atoms with E-state index in [9.17, 15) is 17.4 Å². The van der Waals surface area contributed by atoms with Gasteiger partial charge in [0.2, 0.25) is 11.0 Å². The van der Waals surface area contributed by atoms with Crippen molar-refractivity contribution in [1.82, 2.24) is 15.0 Å². The molecule has 15 heavy (non-hydrogen) atoms. The van der Waals surface area contributed by atoms with Gasteiger partial charge in [-0.3, -0.25) is 4.21 Å². The first-order chi connectivity index (χ1) is 6.84. The molecule has 1 heterocycles. The highest BCUT2D eigenvalue weighted by molar-refractivity contribution is 7.98. The summed E-state index contributed by atoms with van der Waals surface area (Å²) in [5.74, 6) is -1.31. The lowest BCUT2D eigenvalue weighted by Gasteiger charge is -2.06. The third kappa shape index (κ3) is 3.13. The molecule has 84 valence electrons. The Labute approximate surface area is 90.2 Å². The predicted molar refractivity (Wildman–Crippen MR) is 48.9 cm³/mol. The summed E-state index contributed by atoms with van der Waals surface area (Å²) < 4.78 is 47.8. The number of alkyl halides is 3. The monoisotopic (exact) mass is 257 g/mol. The predicted octanol–water partition coefficient (Wildman–Crippen LogP) is 1.35. The van der Waals surface area contributed by atoms with E-state index in [2.05, 4.69) is 15.0 Å². The van der Waals surface area contributed by atoms with E-state index in [-0.39, 0.29) is 10.3 Å². The summed E-state index contributed by atoms with van der Waals surface area (Å²) in [6.07, 6.45) is -1.92. The lowest BCUT2D eigenvalue weighted by molar-refractivity contribution is -0.146. The molecule has 0 aromatic carbocycles. The fourth-order valence-electron chi connectivity index (χ4n) is 0.685. The molecule has 0 saturated heterocycles. The van der Waals surface area contributed by atoms with Crippen LogP contribution in [0.5, 0.6) is 0 Å². The molecule has 0 amide bonds. The molecule has 1 atom stereocenters. The van der Waals surface area contributed by atoms with Crippen molar-refractivity contribution in [1.29, 1.82) is 0 Å². The summed E-state index contributed by atoms with van der Waals surface area (Å²) >= 11 is 0.934. The van der Waals surface area contributed by atoms with Gasteiger partial charge in [0.05, 0.1) is 10.8 Å². The molecule has 9 heteroatoms. The molecule has 0 saturated carbocycles. The lowest BCUT2D eigenvalue weighted by atomic mass is 10.6. The molecule has 0 N–H and O–H groups in total. The summed E-state index contributed by atoms with van der Waals surface area (Å²) in [5, 5.41) is -0.454. The Hall–Kier alpha value is -0.700. The number of nitrogens with zero attached hydrogens (tertiary/aromatic N) is 3. The molecular formula is C6H6F3N3OS2. The van der Waals surface area contributed by atoms with Crippen LogP contribution in [0.25, 0.3) is 0 Å². The average molecular weight is 257 g/mol. The minimum Gasteiger partial charge on any atom is -0.251 e. The molecule has 1 aromatic rings. The largest absolute Gasteiger partial charge is 0.451 e. The maximum Gasteiger partial charge on any atom is 0.451 e. The summed E-state index contributed by atoms with van der Waals surface area (Å²) in [4.78, 5) is 9.88. The van der Waals surface area contributed by atoms with E-state index in [1.165, 1.54) is 12.5 Å². The quantitative estimate of drug-likeness (QED) is 0.748. The SMILES string of the molecule is CSc1nc(S(C)=O)nc(C(F)(F)F)n1. The minimum atomic E-state index is -4.65. The van der Waals surface area contributed by atoms with Crippen LogP contribution in [0.2, 0.25) is 0 Å². The third-order valence-electron chi connectivity index (χ3n) is 1.29. The fraction of sp³-hybridized carbons (Fsp3) is 0.500. The van der Waals surface area contributed by atoms with Gasteiger partial charge in [-0.2, -0.15) is 28.1 Å². The number of thioether (sulfide) groups is 1. The zero-order valence-electron chi connectivity index (χ0n) is 7.70. The molecule has 0 aliphatic rings. The molecule has 1 rings (SSSR count). The van der Waals surface area contributed by atoms with Crippen LogP contribution in [0.1, 0.15) is 5.82 Å². The van der Waals surface area contributed by atoms with E-state index < -0.39 is 22.8 Å². The third-order valence-corrected chi connectivity index (χ3v) is 2.53. The molecule has 0 fully saturated rings. The maximum absolute atomic E-state index is 12.3. The summed E-state index contributed by atoms with van der Waals surface area (Å²) in [6, 6.07) is 0. The van der Waals surface area contributed by atoms with E-state index in [1.54, 1.807) is 0 Å². The second kappa shape index (κ2) is 4.44. The van der Waals surface area contributed by atoms with Crippen molar-refractivity contribution in [3.8, 4) is 0 Å². The average Bonchev–Trinajstić information content (AvgIpc) is 2.15. The Bertz CT molecular complexity index is 396. The van der Waals surface area contributed by atoms with Gasteiger partial charge in [0.1, 0.15) is 0 Å². The van der Waals surface area contributed by atoms with Crippen molar-refractivity contribution in [2.75, 3.05) is 12.5 Å². The molecule has 0 radical (unpaired) electrons. The fourth-order valence-corrected chi connectivity index (χ4v) is 1.53. The van der Waals surface area contributed by atoms with E-state index in [0.717, 1.165) is 11.8 Å². The number of hydrogen-bond donors (Lipinski definition) is 0. The van der Waals surface area contributed by atoms with Gasteiger partial charge in [0.25, 0.3) is 0 Å². The van der Waals surface area contributed by atoms with E-state index in [1.807, 2.05) is 0 Å². The van der Waals surface area contributed by atoms with Gasteiger partial charge in [-0.1, -0.05) is 11.8 Å². The molecule has 0 bridgehead atoms. The summed E-state index contributed by atoms with van der Waals surface area (Å²) in [5.41, 5.74) is 0. The van der Waals surface area contributed by atoms with Crippen LogP contribution in [0.3, 0.4) is 0 Å². The summed E-state index contributed by atoms with van der Waals surface area (Å²) in [7, 11) is -1.66. The first-order valence-electron chi connectivity index (χ1n) is 3.55. The number of hydrogen-bond acceptors (Lipinski definition) is 5. The van der Waals surface area contributed by atoms with Gasteiger partial charge in [-0.15, -0.1) is 0 Å². The molecule has 1 unspecified atom stereocenters. The Morgan fingerprint density at radius 1 is 1.27 bits per heavy atom. The van der Waals surface area contributed by atoms with E-state index in [0.29, 0.717) is 0 Å². The van der Waals surface area contributed by atoms with E-state index >= 15 is 0 Å². The Balaban J connectivity index is 3.30. The Morgan fingerprint density at radius 2 is 1.87 bits per heavy atom. The molecule has 0 spiro atoms. The molecule has 4 nitrogen and oxygen atoms in total. The smallest absolute Gasteiger partial charge is 0.251 e. The molecule has 1 aromatic heterocycles. The van der Waals surface area contributed by atoms with Crippen molar-refractivity contribution >= 4 is 22.6 Å². The van der Waals surface area contributed by atoms with Crippen molar-refractivity contribution in [3.63, 3.8) is 0 Å². The van der Waals surface area contributed by atoms with Crippen LogP contribution < -0.4 is 0 Å². The molecule has 0 aliphatic carbocycles. The standard InChI is InChI=1S/C6H6F3N3OS2/c1-14-4-10-3(6(7,8)9)11-5(12-4)15(2)13/h1-2H3. The van der Waals surface area contributed by atoms with Gasteiger partial charge in [0.15, 0.2) is 5.16 Å². The zero-order valence-corrected chi connectivity index (χ0v) is 9.33. The van der Waals surface area contributed by atoms with Crippen LogP contribution in [0.4, 0.5) is 13.2 Å². The second-order valence-electron chi connectivity index (χ2n) is 2.38. The number of aromatic nitrogens is 3. The minimum absolute atomic E-state index is 0.0949. The molecular weight excluding hydrogens is 251 g/mol. The van der Waals surface area contributed by atoms with Gasteiger partial charge in [-0.25, -0.2) is 0 Å². The summed E-state index contributed by atoms with van der Waals surface area (Å²) in [6.45, 7) is 0. The topological polar surface area (TPSA) is 55.7 Å². The Morgan fingerprint density at radius 3 is 2.27 bits per heavy atom. The van der Waals surface area contributed by atoms with Crippen molar-refractivity contribution in [3.05, 3.63) is 5.82 Å². The lowest BCUT2D eigenvalue weighted by Crippen LogP contribution is -2.15. The first kappa shape index (κ1) is 12.4. The highest BCUT2D eigenvalue weighted by atomic mass is 32.2. The van der Waals surface area contributed by atoms with Crippen LogP contribution in [0.15, 0.2) is 10.3 Å². The van der Waals surface area contributed by atoms with Gasteiger partial charge < -0.3 is 0 Å². The van der Waals surface area contributed by atoms with Crippen LogP contribution in [0, 0.1) is 0 Å². The first-order valence-corrected chi connectivity index (χ1v) is 6.33. The van der Waals surface area contributed by atoms with Gasteiger partial charge in [-0.05, 0) is 6.26 Å². The number of halogens is 3. The van der Waals surface area contributed by atoms with Gasteiger partial charge in [0, 0.05) is 6.26 Å². The number of rotatable bonds is 2. The Kier molecular flexibility index (Phi) is 3.66. The zero-order chi connectivity index (χ0) is 11.6. The van der Waals surface area contributed by atoms with Crippen LogP contribution in [-0.2, 0) is 17.0 Å². The van der Waals surface area contributed by atoms with Gasteiger partial charge >= 0.3 is 6.18 Å². The maximum atomic E-state index is 12.3.